The zero-order chi connectivity index (χ0) is 23.7. The van der Waals surface area contributed by atoms with Crippen LogP contribution in [0.5, 0.6) is 5.75 Å². The van der Waals surface area contributed by atoms with Crippen LogP contribution in [0.1, 0.15) is 48.5 Å². The molecule has 0 radical (unpaired) electrons. The average molecular weight is 488 g/mol. The molecule has 0 aliphatic carbocycles. The summed E-state index contributed by atoms with van der Waals surface area (Å²) in [6, 6.07) is 11.8. The third-order valence-electron chi connectivity index (χ3n) is 5.59. The fraction of sp³-hybridized carbons (Fsp3) is 0.200. The number of ether oxygens (including phenoxy) is 1. The SMILES string of the molecule is COc1c(Cl)c(C(=O)c2ccccc2)cc(Cl)c1[P+](=O)C(=O)c1c(C)cc(C)c(C)c1C. The van der Waals surface area contributed by atoms with Crippen LogP contribution in [0.2, 0.25) is 10.0 Å². The quantitative estimate of drug-likeness (QED) is 0.284. The van der Waals surface area contributed by atoms with E-state index in [-0.39, 0.29) is 32.4 Å². The minimum atomic E-state index is -2.66. The highest BCUT2D eigenvalue weighted by atomic mass is 35.5. The summed E-state index contributed by atoms with van der Waals surface area (Å²) in [4.78, 5) is 26.3. The lowest BCUT2D eigenvalue weighted by Gasteiger charge is -2.12. The lowest BCUT2D eigenvalue weighted by atomic mass is 9.95. The molecule has 3 rings (SSSR count). The molecule has 1 atom stereocenters. The molecule has 4 nitrogen and oxygen atoms in total. The lowest BCUT2D eigenvalue weighted by molar-refractivity contribution is 0.103. The first kappa shape index (κ1) is 24.1. The number of carbonyl (C=O) groups excluding carboxylic acids is 2. The molecule has 0 bridgehead atoms. The van der Waals surface area contributed by atoms with Crippen LogP contribution in [0.25, 0.3) is 0 Å². The molecule has 1 unspecified atom stereocenters. The maximum absolute atomic E-state index is 13.4. The Morgan fingerprint density at radius 3 is 2.12 bits per heavy atom. The lowest BCUT2D eigenvalue weighted by Crippen LogP contribution is -2.15. The highest BCUT2D eigenvalue weighted by molar-refractivity contribution is 7.72. The van der Waals surface area contributed by atoms with Crippen LogP contribution in [-0.2, 0) is 4.57 Å². The number of halogens is 2. The molecule has 7 heteroatoms. The highest BCUT2D eigenvalue weighted by Gasteiger charge is 2.42. The molecule has 0 aromatic heterocycles. The van der Waals surface area contributed by atoms with Crippen molar-refractivity contribution in [2.75, 3.05) is 7.11 Å². The Morgan fingerprint density at radius 1 is 0.906 bits per heavy atom. The summed E-state index contributed by atoms with van der Waals surface area (Å²) in [6.07, 6.45) is 0. The highest BCUT2D eigenvalue weighted by Crippen LogP contribution is 2.41. The van der Waals surface area contributed by atoms with Gasteiger partial charge in [0.05, 0.1) is 22.7 Å². The maximum Gasteiger partial charge on any atom is 0.464 e. The monoisotopic (exact) mass is 487 g/mol. The summed E-state index contributed by atoms with van der Waals surface area (Å²) in [7, 11) is -1.33. The molecule has 0 amide bonds. The van der Waals surface area contributed by atoms with Gasteiger partial charge in [-0.25, -0.2) is 4.79 Å². The molecule has 164 valence electrons. The van der Waals surface area contributed by atoms with Gasteiger partial charge >= 0.3 is 13.3 Å². The van der Waals surface area contributed by atoms with Crippen LogP contribution in [0.3, 0.4) is 0 Å². The van der Waals surface area contributed by atoms with Crippen molar-refractivity contribution in [3.05, 3.63) is 91.5 Å². The van der Waals surface area contributed by atoms with Crippen molar-refractivity contribution in [3.63, 3.8) is 0 Å². The third-order valence-corrected chi connectivity index (χ3v) is 7.84. The van der Waals surface area contributed by atoms with Gasteiger partial charge in [-0.3, -0.25) is 4.79 Å². The van der Waals surface area contributed by atoms with Gasteiger partial charge < -0.3 is 4.74 Å². The molecule has 0 heterocycles. The average Bonchev–Trinajstić information content (AvgIpc) is 2.78. The first-order valence-corrected chi connectivity index (χ1v) is 11.9. The first-order valence-electron chi connectivity index (χ1n) is 9.84. The van der Waals surface area contributed by atoms with Crippen molar-refractivity contribution < 1.29 is 18.9 Å². The van der Waals surface area contributed by atoms with Crippen LogP contribution < -0.4 is 10.0 Å². The zero-order valence-corrected chi connectivity index (χ0v) is 20.8. The topological polar surface area (TPSA) is 60.4 Å². The predicted octanol–water partition coefficient (Wildman–Crippen LogP) is 6.76. The molecular weight excluding hydrogens is 466 g/mol. The van der Waals surface area contributed by atoms with E-state index in [9.17, 15) is 14.2 Å². The van der Waals surface area contributed by atoms with Gasteiger partial charge in [0.2, 0.25) is 0 Å². The van der Waals surface area contributed by atoms with E-state index in [1.54, 1.807) is 30.3 Å². The van der Waals surface area contributed by atoms with Gasteiger partial charge in [0.25, 0.3) is 5.30 Å². The van der Waals surface area contributed by atoms with Gasteiger partial charge in [-0.2, -0.15) is 0 Å². The van der Waals surface area contributed by atoms with E-state index in [0.717, 1.165) is 22.3 Å². The van der Waals surface area contributed by atoms with Crippen LogP contribution in [0, 0.1) is 27.7 Å². The normalized spacial score (nSPS) is 11.3. The van der Waals surface area contributed by atoms with E-state index in [1.165, 1.54) is 13.2 Å². The maximum atomic E-state index is 13.4. The van der Waals surface area contributed by atoms with Crippen molar-refractivity contribution in [1.29, 1.82) is 0 Å². The summed E-state index contributed by atoms with van der Waals surface area (Å²) in [5, 5.41) is -0.0645. The number of methoxy groups -OCH3 is 1. The van der Waals surface area contributed by atoms with Gasteiger partial charge in [0.1, 0.15) is 0 Å². The van der Waals surface area contributed by atoms with Crippen molar-refractivity contribution in [3.8, 4) is 5.75 Å². The Kier molecular flexibility index (Phi) is 7.19. The van der Waals surface area contributed by atoms with E-state index in [0.29, 0.717) is 11.1 Å². The summed E-state index contributed by atoms with van der Waals surface area (Å²) < 4.78 is 18.8. The Bertz CT molecular complexity index is 1270. The fourth-order valence-corrected chi connectivity index (χ4v) is 5.89. The summed E-state index contributed by atoms with van der Waals surface area (Å²) in [5.41, 5.74) is 3.88. The Morgan fingerprint density at radius 2 is 1.53 bits per heavy atom. The van der Waals surface area contributed by atoms with Gasteiger partial charge in [-0.05, 0) is 56.0 Å². The minimum Gasteiger partial charge on any atom is -0.491 e. The molecule has 3 aromatic carbocycles. The molecule has 32 heavy (non-hydrogen) atoms. The van der Waals surface area contributed by atoms with E-state index < -0.39 is 13.3 Å². The molecular formula is C25H22Cl2O4P+. The summed E-state index contributed by atoms with van der Waals surface area (Å²) in [5.74, 6) is -0.392. The van der Waals surface area contributed by atoms with Crippen molar-refractivity contribution >= 4 is 47.6 Å². The molecule has 0 N–H and O–H groups in total. The Balaban J connectivity index is 2.14. The molecule has 0 fully saturated rings. The standard InChI is InChI=1S/C25H22Cl2O4P/c1-13-11-14(2)20(16(4)15(13)3)25(29)32(30)24-19(26)12-18(21(27)23(24)31-5)22(28)17-9-7-6-8-10-17/h6-12H,1-5H3/q+1. The van der Waals surface area contributed by atoms with Crippen molar-refractivity contribution in [2.45, 2.75) is 27.7 Å². The van der Waals surface area contributed by atoms with Crippen LogP contribution in [-0.4, -0.2) is 18.4 Å². The van der Waals surface area contributed by atoms with Gasteiger partial charge in [0.15, 0.2) is 11.5 Å². The number of ketones is 1. The van der Waals surface area contributed by atoms with Crippen molar-refractivity contribution in [1.82, 2.24) is 0 Å². The number of hydrogen-bond donors (Lipinski definition) is 0. The van der Waals surface area contributed by atoms with Gasteiger partial charge in [-0.15, -0.1) is 0 Å². The van der Waals surface area contributed by atoms with Crippen LogP contribution in [0.4, 0.5) is 0 Å². The molecule has 0 spiro atoms. The molecule has 0 saturated heterocycles. The second-order valence-corrected chi connectivity index (χ2v) is 9.76. The Hall–Kier alpha value is -2.52. The number of aryl methyl sites for hydroxylation is 2. The number of rotatable bonds is 6. The molecule has 0 saturated carbocycles. The van der Waals surface area contributed by atoms with Gasteiger partial charge in [-0.1, -0.05) is 64.2 Å². The second-order valence-electron chi connectivity index (χ2n) is 7.53. The molecule has 0 aliphatic rings. The van der Waals surface area contributed by atoms with Crippen LogP contribution >= 0.6 is 31.0 Å². The summed E-state index contributed by atoms with van der Waals surface area (Å²) >= 11 is 12.9. The predicted molar refractivity (Wildman–Crippen MR) is 130 cm³/mol. The third kappa shape index (κ3) is 4.23. The van der Waals surface area contributed by atoms with Crippen LogP contribution in [0.15, 0.2) is 42.5 Å². The van der Waals surface area contributed by atoms with E-state index in [2.05, 4.69) is 0 Å². The second kappa shape index (κ2) is 9.54. The molecule has 3 aromatic rings. The van der Waals surface area contributed by atoms with E-state index in [1.807, 2.05) is 33.8 Å². The molecule has 0 aliphatic heterocycles. The minimum absolute atomic E-state index is 0.0131. The largest absolute Gasteiger partial charge is 0.491 e. The van der Waals surface area contributed by atoms with Crippen molar-refractivity contribution in [2.24, 2.45) is 0 Å². The number of hydrogen-bond acceptors (Lipinski definition) is 4. The zero-order valence-electron chi connectivity index (χ0n) is 18.4. The summed E-state index contributed by atoms with van der Waals surface area (Å²) in [6.45, 7) is 7.52. The number of benzene rings is 3. The van der Waals surface area contributed by atoms with E-state index in [4.69, 9.17) is 27.9 Å². The fourth-order valence-electron chi connectivity index (χ4n) is 3.70. The first-order chi connectivity index (χ1) is 15.1. The smallest absolute Gasteiger partial charge is 0.464 e. The van der Waals surface area contributed by atoms with E-state index >= 15 is 0 Å². The van der Waals surface area contributed by atoms with Gasteiger partial charge in [0, 0.05) is 11.1 Å². The number of carbonyl (C=O) groups is 2. The Labute approximate surface area is 198 Å².